The van der Waals surface area contributed by atoms with Gasteiger partial charge in [0.15, 0.2) is 5.75 Å². The van der Waals surface area contributed by atoms with Gasteiger partial charge in [0, 0.05) is 11.1 Å². The molecule has 0 aliphatic carbocycles. The predicted molar refractivity (Wildman–Crippen MR) is 114 cm³/mol. The minimum Gasteiger partial charge on any atom is -0.493 e. The van der Waals surface area contributed by atoms with E-state index in [1.165, 1.54) is 12.1 Å². The summed E-state index contributed by atoms with van der Waals surface area (Å²) in [6, 6.07) is 20.6. The molecule has 0 unspecified atom stereocenters. The maximum Gasteiger partial charge on any atom is 0.534 e. The van der Waals surface area contributed by atoms with Crippen molar-refractivity contribution in [2.24, 2.45) is 0 Å². The molecule has 0 aliphatic rings. The molecule has 0 saturated carbocycles. The first-order valence-corrected chi connectivity index (χ1v) is 10.8. The van der Waals surface area contributed by atoms with Gasteiger partial charge in [-0.2, -0.15) is 21.6 Å². The fourth-order valence-corrected chi connectivity index (χ4v) is 4.00. The second-order valence-electron chi connectivity index (χ2n) is 6.74. The minimum absolute atomic E-state index is 0.214. The van der Waals surface area contributed by atoms with Gasteiger partial charge in [-0.3, -0.25) is 0 Å². The quantitative estimate of drug-likeness (QED) is 0.267. The highest BCUT2D eigenvalue weighted by Gasteiger charge is 2.49. The molecule has 0 spiro atoms. The van der Waals surface area contributed by atoms with Crippen molar-refractivity contribution >= 4 is 31.7 Å². The van der Waals surface area contributed by atoms with Gasteiger partial charge in [-0.25, -0.2) is 0 Å². The van der Waals surface area contributed by atoms with Crippen LogP contribution in [0.5, 0.6) is 11.5 Å². The Labute approximate surface area is 177 Å². The van der Waals surface area contributed by atoms with Crippen LogP contribution in [0.15, 0.2) is 72.8 Å². The maximum absolute atomic E-state index is 13.1. The summed E-state index contributed by atoms with van der Waals surface area (Å²) in [5, 5.41) is 2.76. The Morgan fingerprint density at radius 1 is 0.742 bits per heavy atom. The third-order valence-electron chi connectivity index (χ3n) is 4.81. The number of halogens is 3. The van der Waals surface area contributed by atoms with Crippen LogP contribution in [0, 0.1) is 0 Å². The minimum atomic E-state index is -5.87. The Hall–Kier alpha value is -3.26. The molecule has 4 aromatic rings. The van der Waals surface area contributed by atoms with Crippen molar-refractivity contribution in [1.29, 1.82) is 0 Å². The molecule has 0 atom stereocenters. The van der Waals surface area contributed by atoms with E-state index in [9.17, 15) is 21.6 Å². The van der Waals surface area contributed by atoms with Gasteiger partial charge in [0.2, 0.25) is 0 Å². The van der Waals surface area contributed by atoms with Crippen LogP contribution in [0.25, 0.3) is 32.7 Å². The molecular weight excluding hydrogens is 429 g/mol. The van der Waals surface area contributed by atoms with Gasteiger partial charge in [0.1, 0.15) is 5.75 Å². The summed E-state index contributed by atoms with van der Waals surface area (Å²) in [6.07, 6.45) is 0. The molecular formula is C23H17F3O4S. The molecule has 160 valence electrons. The van der Waals surface area contributed by atoms with Crippen LogP contribution < -0.4 is 8.92 Å². The number of alkyl halides is 3. The third-order valence-corrected chi connectivity index (χ3v) is 5.78. The molecule has 0 fully saturated rings. The van der Waals surface area contributed by atoms with E-state index in [0.717, 1.165) is 5.39 Å². The first kappa shape index (κ1) is 21.0. The zero-order valence-corrected chi connectivity index (χ0v) is 17.1. The first-order chi connectivity index (χ1) is 14.7. The van der Waals surface area contributed by atoms with E-state index in [1.54, 1.807) is 49.4 Å². The first-order valence-electron chi connectivity index (χ1n) is 9.40. The molecule has 8 heteroatoms. The molecule has 31 heavy (non-hydrogen) atoms. The highest BCUT2D eigenvalue weighted by Crippen LogP contribution is 2.46. The highest BCUT2D eigenvalue weighted by atomic mass is 32.2. The van der Waals surface area contributed by atoms with Crippen LogP contribution in [-0.2, 0) is 10.1 Å². The predicted octanol–water partition coefficient (Wildman–Crippen LogP) is 6.29. The van der Waals surface area contributed by atoms with E-state index in [-0.39, 0.29) is 5.56 Å². The summed E-state index contributed by atoms with van der Waals surface area (Å²) in [5.41, 5.74) is -4.88. The van der Waals surface area contributed by atoms with Gasteiger partial charge < -0.3 is 8.92 Å². The van der Waals surface area contributed by atoms with Crippen molar-refractivity contribution in [3.63, 3.8) is 0 Å². The molecule has 0 bridgehead atoms. The summed E-state index contributed by atoms with van der Waals surface area (Å²) in [5.74, 6) is -0.0138. The SMILES string of the molecule is CCOc1ccc2ccccc2c1-c1c(OS(=O)(=O)C(F)(F)F)ccc2ccccc12. The van der Waals surface area contributed by atoms with Crippen LogP contribution in [0.4, 0.5) is 13.2 Å². The number of fused-ring (bicyclic) bond motifs is 2. The average Bonchev–Trinajstić information content (AvgIpc) is 2.73. The maximum atomic E-state index is 13.1. The van der Waals surface area contributed by atoms with Gasteiger partial charge in [-0.15, -0.1) is 0 Å². The summed E-state index contributed by atoms with van der Waals surface area (Å²) in [7, 11) is -5.87. The van der Waals surface area contributed by atoms with Crippen molar-refractivity contribution in [3.05, 3.63) is 72.8 Å². The Morgan fingerprint density at radius 2 is 1.23 bits per heavy atom. The summed E-state index contributed by atoms with van der Waals surface area (Å²) >= 11 is 0. The Bertz CT molecular complexity index is 1380. The van der Waals surface area contributed by atoms with Crippen LogP contribution in [0.1, 0.15) is 6.92 Å². The third kappa shape index (κ3) is 3.79. The number of rotatable bonds is 5. The van der Waals surface area contributed by atoms with E-state index in [4.69, 9.17) is 4.74 Å². The lowest BCUT2D eigenvalue weighted by atomic mass is 9.92. The molecule has 0 aromatic heterocycles. The lowest BCUT2D eigenvalue weighted by Crippen LogP contribution is -2.28. The molecule has 0 radical (unpaired) electrons. The second kappa shape index (κ2) is 7.77. The standard InChI is InChI=1S/C23H17F3O4S/c1-2-29-19-13-11-15-7-3-5-9-17(15)21(19)22-18-10-6-4-8-16(18)12-14-20(22)30-31(27,28)23(24,25)26/h3-14H,2H2,1H3. The molecule has 0 heterocycles. The Morgan fingerprint density at radius 3 is 1.74 bits per heavy atom. The highest BCUT2D eigenvalue weighted by molar-refractivity contribution is 7.88. The van der Waals surface area contributed by atoms with Gasteiger partial charge in [-0.05, 0) is 40.6 Å². The normalized spacial score (nSPS) is 12.3. The van der Waals surface area contributed by atoms with E-state index in [2.05, 4.69) is 4.18 Å². The lowest BCUT2D eigenvalue weighted by Gasteiger charge is -2.19. The molecule has 0 saturated heterocycles. The molecule has 4 nitrogen and oxygen atoms in total. The largest absolute Gasteiger partial charge is 0.534 e. The van der Waals surface area contributed by atoms with Crippen molar-refractivity contribution in [2.45, 2.75) is 12.4 Å². The zero-order valence-electron chi connectivity index (χ0n) is 16.3. The smallest absolute Gasteiger partial charge is 0.493 e. The summed E-state index contributed by atoms with van der Waals surface area (Å²) < 4.78 is 73.3. The van der Waals surface area contributed by atoms with E-state index >= 15 is 0 Å². The van der Waals surface area contributed by atoms with Crippen molar-refractivity contribution in [3.8, 4) is 22.6 Å². The average molecular weight is 446 g/mol. The summed E-state index contributed by atoms with van der Waals surface area (Å²) in [4.78, 5) is 0. The number of hydrogen-bond acceptors (Lipinski definition) is 4. The van der Waals surface area contributed by atoms with Crippen molar-refractivity contribution in [2.75, 3.05) is 6.61 Å². The van der Waals surface area contributed by atoms with Gasteiger partial charge in [0.05, 0.1) is 6.61 Å². The van der Waals surface area contributed by atoms with Crippen LogP contribution >= 0.6 is 0 Å². The molecule has 0 N–H and O–H groups in total. The van der Waals surface area contributed by atoms with Crippen LogP contribution in [0.3, 0.4) is 0 Å². The monoisotopic (exact) mass is 446 g/mol. The molecule has 4 aromatic carbocycles. The van der Waals surface area contributed by atoms with Gasteiger partial charge in [0.25, 0.3) is 0 Å². The number of benzene rings is 4. The van der Waals surface area contributed by atoms with E-state index < -0.39 is 21.4 Å². The van der Waals surface area contributed by atoms with Crippen molar-refractivity contribution < 1.29 is 30.5 Å². The topological polar surface area (TPSA) is 52.6 Å². The fraction of sp³-hybridized carbons (Fsp3) is 0.130. The van der Waals surface area contributed by atoms with Crippen molar-refractivity contribution in [1.82, 2.24) is 0 Å². The molecule has 0 amide bonds. The number of hydrogen-bond donors (Lipinski definition) is 0. The Balaban J connectivity index is 2.12. The Kier molecular flexibility index (Phi) is 5.26. The zero-order chi connectivity index (χ0) is 22.2. The van der Waals surface area contributed by atoms with E-state index in [0.29, 0.717) is 34.1 Å². The van der Waals surface area contributed by atoms with E-state index in [1.807, 2.05) is 18.2 Å². The summed E-state index contributed by atoms with van der Waals surface area (Å²) in [6.45, 7) is 2.10. The fourth-order valence-electron chi connectivity index (χ4n) is 3.53. The molecule has 4 rings (SSSR count). The van der Waals surface area contributed by atoms with Gasteiger partial charge in [-0.1, -0.05) is 60.7 Å². The van der Waals surface area contributed by atoms with Gasteiger partial charge >= 0.3 is 15.6 Å². The second-order valence-corrected chi connectivity index (χ2v) is 8.27. The van der Waals surface area contributed by atoms with Crippen LogP contribution in [0.2, 0.25) is 0 Å². The van der Waals surface area contributed by atoms with Crippen LogP contribution in [-0.4, -0.2) is 20.5 Å². The lowest BCUT2D eigenvalue weighted by molar-refractivity contribution is -0.0499. The molecule has 0 aliphatic heterocycles. The number of ether oxygens (including phenoxy) is 1.